The van der Waals surface area contributed by atoms with Crippen molar-refractivity contribution in [2.45, 2.75) is 0 Å². The highest BCUT2D eigenvalue weighted by Gasteiger charge is 2.14. The number of nitrogens with two attached hydrogens (primary N) is 1. The molecule has 0 radical (unpaired) electrons. The third kappa shape index (κ3) is 3.33. The molecule has 1 amide bonds. The zero-order chi connectivity index (χ0) is 14.0. The van der Waals surface area contributed by atoms with Crippen LogP contribution in [0.1, 0.15) is 10.4 Å². The highest BCUT2D eigenvalue weighted by atomic mass is 79.9. The van der Waals surface area contributed by atoms with Crippen LogP contribution in [-0.2, 0) is 0 Å². The van der Waals surface area contributed by atoms with Crippen LogP contribution in [0.2, 0.25) is 0 Å². The molecule has 2 rings (SSSR count). The lowest BCUT2D eigenvalue weighted by atomic mass is 10.2. The summed E-state index contributed by atoms with van der Waals surface area (Å²) in [6, 6.07) is 9.08. The molecule has 0 heterocycles. The molecule has 0 aliphatic rings. The van der Waals surface area contributed by atoms with Gasteiger partial charge < -0.3 is 10.5 Å². The topological polar surface area (TPSA) is 52.3 Å². The fourth-order valence-electron chi connectivity index (χ4n) is 1.54. The SMILES string of the molecule is NC(=O)c1c(Br)cccc1Oc1cc(F)cc(Br)c1. The van der Waals surface area contributed by atoms with Crippen LogP contribution >= 0.6 is 31.9 Å². The van der Waals surface area contributed by atoms with Crippen LogP contribution in [-0.4, -0.2) is 5.91 Å². The summed E-state index contributed by atoms with van der Waals surface area (Å²) >= 11 is 6.39. The van der Waals surface area contributed by atoms with Gasteiger partial charge in [0.2, 0.25) is 0 Å². The Morgan fingerprint density at radius 1 is 1.21 bits per heavy atom. The Morgan fingerprint density at radius 3 is 2.58 bits per heavy atom. The van der Waals surface area contributed by atoms with Crippen molar-refractivity contribution in [3.8, 4) is 11.5 Å². The first-order valence-corrected chi connectivity index (χ1v) is 6.78. The van der Waals surface area contributed by atoms with Crippen molar-refractivity contribution in [3.63, 3.8) is 0 Å². The average Bonchev–Trinajstić information content (AvgIpc) is 2.26. The number of hydrogen-bond donors (Lipinski definition) is 1. The molecule has 2 aromatic carbocycles. The quantitative estimate of drug-likeness (QED) is 0.854. The molecule has 3 nitrogen and oxygen atoms in total. The van der Waals surface area contributed by atoms with E-state index in [0.717, 1.165) is 0 Å². The maximum atomic E-state index is 13.3. The van der Waals surface area contributed by atoms with Gasteiger partial charge in [0.15, 0.2) is 0 Å². The predicted molar refractivity (Wildman–Crippen MR) is 76.8 cm³/mol. The molecule has 0 saturated heterocycles. The number of ether oxygens (including phenoxy) is 1. The maximum Gasteiger partial charge on any atom is 0.253 e. The number of carbonyl (C=O) groups excluding carboxylic acids is 1. The second kappa shape index (κ2) is 5.71. The van der Waals surface area contributed by atoms with E-state index in [9.17, 15) is 9.18 Å². The van der Waals surface area contributed by atoms with Crippen LogP contribution < -0.4 is 10.5 Å². The predicted octanol–water partition coefficient (Wildman–Crippen LogP) is 4.24. The number of rotatable bonds is 3. The number of hydrogen-bond acceptors (Lipinski definition) is 2. The van der Waals surface area contributed by atoms with Crippen LogP contribution in [0, 0.1) is 5.82 Å². The first-order valence-electron chi connectivity index (χ1n) is 5.19. The molecule has 0 aromatic heterocycles. The molecular formula is C13H8Br2FNO2. The monoisotopic (exact) mass is 387 g/mol. The lowest BCUT2D eigenvalue weighted by Gasteiger charge is -2.11. The molecule has 19 heavy (non-hydrogen) atoms. The van der Waals surface area contributed by atoms with Crippen molar-refractivity contribution in [2.75, 3.05) is 0 Å². The fourth-order valence-corrected chi connectivity index (χ4v) is 2.53. The van der Waals surface area contributed by atoms with Crippen molar-refractivity contribution in [3.05, 3.63) is 56.7 Å². The van der Waals surface area contributed by atoms with E-state index < -0.39 is 11.7 Å². The van der Waals surface area contributed by atoms with Gasteiger partial charge in [0.1, 0.15) is 17.3 Å². The zero-order valence-corrected chi connectivity index (χ0v) is 12.7. The summed E-state index contributed by atoms with van der Waals surface area (Å²) in [5.74, 6) is -0.537. The van der Waals surface area contributed by atoms with Gasteiger partial charge >= 0.3 is 0 Å². The van der Waals surface area contributed by atoms with Crippen LogP contribution in [0.5, 0.6) is 11.5 Å². The Bertz CT molecular complexity index is 626. The molecule has 2 aromatic rings. The first-order chi connectivity index (χ1) is 8.97. The Morgan fingerprint density at radius 2 is 1.95 bits per heavy atom. The largest absolute Gasteiger partial charge is 0.456 e. The Balaban J connectivity index is 2.43. The van der Waals surface area contributed by atoms with Crippen LogP contribution in [0.15, 0.2) is 45.3 Å². The summed E-state index contributed by atoms with van der Waals surface area (Å²) in [5, 5.41) is 0. The van der Waals surface area contributed by atoms with Crippen LogP contribution in [0.25, 0.3) is 0 Å². The van der Waals surface area contributed by atoms with Gasteiger partial charge in [-0.1, -0.05) is 22.0 Å². The summed E-state index contributed by atoms with van der Waals surface area (Å²) in [4.78, 5) is 11.4. The molecule has 0 spiro atoms. The van der Waals surface area contributed by atoms with Crippen molar-refractivity contribution in [2.24, 2.45) is 5.73 Å². The summed E-state index contributed by atoms with van der Waals surface area (Å²) in [7, 11) is 0. The first kappa shape index (κ1) is 14.0. The summed E-state index contributed by atoms with van der Waals surface area (Å²) in [6.45, 7) is 0. The maximum absolute atomic E-state index is 13.3. The standard InChI is InChI=1S/C13H8Br2FNO2/c14-7-4-8(16)6-9(5-7)19-11-3-1-2-10(15)12(11)13(17)18/h1-6H,(H2,17,18). The van der Waals surface area contributed by atoms with Crippen LogP contribution in [0.4, 0.5) is 4.39 Å². The molecule has 0 saturated carbocycles. The van der Waals surface area contributed by atoms with E-state index in [0.29, 0.717) is 8.95 Å². The molecule has 98 valence electrons. The van der Waals surface area contributed by atoms with Gasteiger partial charge in [-0.3, -0.25) is 4.79 Å². The van der Waals surface area contributed by atoms with Crippen molar-refractivity contribution < 1.29 is 13.9 Å². The van der Waals surface area contributed by atoms with Gasteiger partial charge in [-0.25, -0.2) is 4.39 Å². The number of carbonyl (C=O) groups is 1. The van der Waals surface area contributed by atoms with Crippen molar-refractivity contribution in [1.82, 2.24) is 0 Å². The second-order valence-corrected chi connectivity index (χ2v) is 5.45. The van der Waals surface area contributed by atoms with E-state index in [4.69, 9.17) is 10.5 Å². The Labute approximate surface area is 125 Å². The van der Waals surface area contributed by atoms with E-state index in [1.54, 1.807) is 24.3 Å². The molecule has 2 N–H and O–H groups in total. The molecule has 0 atom stereocenters. The van der Waals surface area contributed by atoms with Gasteiger partial charge in [-0.15, -0.1) is 0 Å². The van der Waals surface area contributed by atoms with Crippen molar-refractivity contribution in [1.29, 1.82) is 0 Å². The number of halogens is 3. The Kier molecular flexibility index (Phi) is 4.21. The number of amides is 1. The third-order valence-corrected chi connectivity index (χ3v) is 3.40. The average molecular weight is 389 g/mol. The van der Waals surface area contributed by atoms with Crippen molar-refractivity contribution >= 4 is 37.8 Å². The highest BCUT2D eigenvalue weighted by Crippen LogP contribution is 2.31. The van der Waals surface area contributed by atoms with Gasteiger partial charge in [-0.2, -0.15) is 0 Å². The molecule has 0 bridgehead atoms. The number of benzene rings is 2. The molecular weight excluding hydrogens is 381 g/mol. The minimum Gasteiger partial charge on any atom is -0.456 e. The van der Waals surface area contributed by atoms with E-state index in [2.05, 4.69) is 31.9 Å². The number of primary amides is 1. The van der Waals surface area contributed by atoms with E-state index in [1.165, 1.54) is 12.1 Å². The van der Waals surface area contributed by atoms with Gasteiger partial charge in [0.05, 0.1) is 5.56 Å². The summed E-state index contributed by atoms with van der Waals surface area (Å²) < 4.78 is 19.8. The van der Waals surface area contributed by atoms with E-state index >= 15 is 0 Å². The summed E-state index contributed by atoms with van der Waals surface area (Å²) in [6.07, 6.45) is 0. The second-order valence-electron chi connectivity index (χ2n) is 3.68. The normalized spacial score (nSPS) is 10.3. The zero-order valence-electron chi connectivity index (χ0n) is 9.49. The van der Waals surface area contributed by atoms with Gasteiger partial charge in [0.25, 0.3) is 5.91 Å². The smallest absolute Gasteiger partial charge is 0.253 e. The lowest BCUT2D eigenvalue weighted by molar-refractivity contribution is 0.0997. The Hall–Kier alpha value is -1.40. The molecule has 0 aliphatic carbocycles. The summed E-state index contributed by atoms with van der Waals surface area (Å²) in [5.41, 5.74) is 5.51. The van der Waals surface area contributed by atoms with E-state index in [1.807, 2.05) is 0 Å². The molecule has 0 unspecified atom stereocenters. The third-order valence-electron chi connectivity index (χ3n) is 2.29. The molecule has 0 fully saturated rings. The fraction of sp³-hybridized carbons (Fsp3) is 0. The minimum absolute atomic E-state index is 0.211. The minimum atomic E-state index is -0.627. The van der Waals surface area contributed by atoms with E-state index in [-0.39, 0.29) is 17.1 Å². The van der Waals surface area contributed by atoms with Gasteiger partial charge in [0, 0.05) is 15.0 Å². The lowest BCUT2D eigenvalue weighted by Crippen LogP contribution is -2.13. The molecule has 0 aliphatic heterocycles. The molecule has 6 heteroatoms. The van der Waals surface area contributed by atoms with Gasteiger partial charge in [-0.05, 0) is 40.2 Å². The van der Waals surface area contributed by atoms with Crippen LogP contribution in [0.3, 0.4) is 0 Å². The highest BCUT2D eigenvalue weighted by molar-refractivity contribution is 9.10.